The lowest BCUT2D eigenvalue weighted by Crippen LogP contribution is -2.14. The van der Waals surface area contributed by atoms with Crippen LogP contribution in [0.2, 0.25) is 5.02 Å². The van der Waals surface area contributed by atoms with E-state index in [0.717, 1.165) is 10.0 Å². The van der Waals surface area contributed by atoms with E-state index >= 15 is 0 Å². The SMILES string of the molecule is NC(c1nn[nH]n1)c1cc(Br)ccc1Cl. The van der Waals surface area contributed by atoms with Gasteiger partial charge in [-0.05, 0) is 23.8 Å². The van der Waals surface area contributed by atoms with Crippen LogP contribution in [0.15, 0.2) is 22.7 Å². The summed E-state index contributed by atoms with van der Waals surface area (Å²) in [5.74, 6) is 0.412. The minimum absolute atomic E-state index is 0.412. The lowest BCUT2D eigenvalue weighted by molar-refractivity contribution is 0.785. The summed E-state index contributed by atoms with van der Waals surface area (Å²) in [6.45, 7) is 0. The Labute approximate surface area is 99.1 Å². The summed E-state index contributed by atoms with van der Waals surface area (Å²) in [6, 6.07) is 4.97. The molecule has 0 aliphatic heterocycles. The average molecular weight is 289 g/mol. The first-order chi connectivity index (χ1) is 7.18. The monoisotopic (exact) mass is 287 g/mol. The molecule has 0 radical (unpaired) electrons. The summed E-state index contributed by atoms with van der Waals surface area (Å²) in [5, 5.41) is 14.0. The van der Waals surface area contributed by atoms with E-state index < -0.39 is 6.04 Å². The van der Waals surface area contributed by atoms with E-state index in [1.165, 1.54) is 0 Å². The number of tetrazole rings is 1. The molecule has 0 saturated heterocycles. The van der Waals surface area contributed by atoms with Gasteiger partial charge in [-0.1, -0.05) is 32.7 Å². The maximum absolute atomic E-state index is 6.02. The molecule has 1 unspecified atom stereocenters. The maximum Gasteiger partial charge on any atom is 0.195 e. The van der Waals surface area contributed by atoms with E-state index in [1.807, 2.05) is 12.1 Å². The first-order valence-electron chi connectivity index (χ1n) is 4.12. The molecule has 1 aromatic carbocycles. The Kier molecular flexibility index (Phi) is 2.99. The Balaban J connectivity index is 2.41. The molecule has 5 nitrogen and oxygen atoms in total. The minimum atomic E-state index is -0.478. The Morgan fingerprint density at radius 3 is 2.93 bits per heavy atom. The number of aromatic nitrogens is 4. The van der Waals surface area contributed by atoms with E-state index in [-0.39, 0.29) is 0 Å². The number of H-pyrrole nitrogens is 1. The van der Waals surface area contributed by atoms with Gasteiger partial charge in [0, 0.05) is 9.50 Å². The van der Waals surface area contributed by atoms with E-state index in [9.17, 15) is 0 Å². The molecule has 0 fully saturated rings. The van der Waals surface area contributed by atoms with Crippen LogP contribution in [0.5, 0.6) is 0 Å². The van der Waals surface area contributed by atoms with Crippen LogP contribution in [-0.4, -0.2) is 20.6 Å². The predicted molar refractivity (Wildman–Crippen MR) is 59.4 cm³/mol. The van der Waals surface area contributed by atoms with Crippen molar-refractivity contribution in [3.05, 3.63) is 39.1 Å². The molecule has 3 N–H and O–H groups in total. The van der Waals surface area contributed by atoms with Crippen LogP contribution < -0.4 is 5.73 Å². The van der Waals surface area contributed by atoms with Gasteiger partial charge in [0.2, 0.25) is 0 Å². The summed E-state index contributed by atoms with van der Waals surface area (Å²) in [4.78, 5) is 0. The zero-order valence-corrected chi connectivity index (χ0v) is 9.83. The first kappa shape index (κ1) is 10.5. The van der Waals surface area contributed by atoms with Gasteiger partial charge < -0.3 is 5.73 Å². The Morgan fingerprint density at radius 1 is 1.47 bits per heavy atom. The van der Waals surface area contributed by atoms with E-state index in [2.05, 4.69) is 36.6 Å². The number of hydrogen-bond acceptors (Lipinski definition) is 4. The number of hydrogen-bond donors (Lipinski definition) is 2. The highest BCUT2D eigenvalue weighted by Gasteiger charge is 2.16. The van der Waals surface area contributed by atoms with Crippen LogP contribution in [0.4, 0.5) is 0 Å². The molecule has 15 heavy (non-hydrogen) atoms. The van der Waals surface area contributed by atoms with E-state index in [4.69, 9.17) is 17.3 Å². The third kappa shape index (κ3) is 2.17. The van der Waals surface area contributed by atoms with Crippen molar-refractivity contribution in [3.8, 4) is 0 Å². The van der Waals surface area contributed by atoms with Crippen LogP contribution in [0.1, 0.15) is 17.4 Å². The number of benzene rings is 1. The third-order valence-corrected chi connectivity index (χ3v) is 2.77. The fourth-order valence-corrected chi connectivity index (χ4v) is 1.81. The van der Waals surface area contributed by atoms with Gasteiger partial charge >= 0.3 is 0 Å². The smallest absolute Gasteiger partial charge is 0.195 e. The molecule has 0 aliphatic carbocycles. The highest BCUT2D eigenvalue weighted by atomic mass is 79.9. The standard InChI is InChI=1S/C8H7BrClN5/c9-4-1-2-6(10)5(3-4)7(11)8-12-14-15-13-8/h1-3,7H,11H2,(H,12,13,14,15). The zero-order valence-electron chi connectivity index (χ0n) is 7.48. The Bertz CT molecular complexity index is 458. The van der Waals surface area contributed by atoms with E-state index in [0.29, 0.717) is 10.8 Å². The van der Waals surface area contributed by atoms with Crippen molar-refractivity contribution in [1.82, 2.24) is 20.6 Å². The summed E-state index contributed by atoms with van der Waals surface area (Å²) in [7, 11) is 0. The van der Waals surface area contributed by atoms with Crippen molar-refractivity contribution in [2.24, 2.45) is 5.73 Å². The van der Waals surface area contributed by atoms with Crippen LogP contribution in [-0.2, 0) is 0 Å². The van der Waals surface area contributed by atoms with Crippen molar-refractivity contribution < 1.29 is 0 Å². The molecule has 0 amide bonds. The lowest BCUT2D eigenvalue weighted by atomic mass is 10.1. The lowest BCUT2D eigenvalue weighted by Gasteiger charge is -2.09. The van der Waals surface area contributed by atoms with Gasteiger partial charge in [0.05, 0.1) is 6.04 Å². The van der Waals surface area contributed by atoms with Gasteiger partial charge in [-0.3, -0.25) is 0 Å². The maximum atomic E-state index is 6.02. The van der Waals surface area contributed by atoms with Gasteiger partial charge in [0.15, 0.2) is 5.82 Å². The largest absolute Gasteiger partial charge is 0.317 e. The van der Waals surface area contributed by atoms with Crippen molar-refractivity contribution in [2.75, 3.05) is 0 Å². The van der Waals surface area contributed by atoms with Gasteiger partial charge in [-0.2, -0.15) is 5.21 Å². The topological polar surface area (TPSA) is 80.5 Å². The minimum Gasteiger partial charge on any atom is -0.317 e. The molecule has 2 rings (SSSR count). The quantitative estimate of drug-likeness (QED) is 0.881. The van der Waals surface area contributed by atoms with Crippen LogP contribution in [0.25, 0.3) is 0 Å². The summed E-state index contributed by atoms with van der Waals surface area (Å²) >= 11 is 9.37. The normalized spacial score (nSPS) is 12.7. The number of nitrogens with two attached hydrogens (primary N) is 1. The fraction of sp³-hybridized carbons (Fsp3) is 0.125. The number of aromatic amines is 1. The highest BCUT2D eigenvalue weighted by molar-refractivity contribution is 9.10. The molecule has 1 atom stereocenters. The number of nitrogens with one attached hydrogen (secondary N) is 1. The van der Waals surface area contributed by atoms with Crippen LogP contribution >= 0.6 is 27.5 Å². The molecule has 7 heteroatoms. The zero-order chi connectivity index (χ0) is 10.8. The van der Waals surface area contributed by atoms with Crippen LogP contribution in [0, 0.1) is 0 Å². The molecule has 0 aliphatic rings. The molecule has 78 valence electrons. The molecule has 0 saturated carbocycles. The molecule has 1 aromatic heterocycles. The highest BCUT2D eigenvalue weighted by Crippen LogP contribution is 2.27. The van der Waals surface area contributed by atoms with Crippen molar-refractivity contribution >= 4 is 27.5 Å². The molecule has 0 bridgehead atoms. The fourth-order valence-electron chi connectivity index (χ4n) is 1.19. The van der Waals surface area contributed by atoms with Crippen molar-refractivity contribution in [3.63, 3.8) is 0 Å². The molecule has 2 aromatic rings. The second kappa shape index (κ2) is 4.26. The Hall–Kier alpha value is -0.980. The van der Waals surface area contributed by atoms with Gasteiger partial charge in [-0.25, -0.2) is 0 Å². The Morgan fingerprint density at radius 2 is 2.27 bits per heavy atom. The number of halogens is 2. The van der Waals surface area contributed by atoms with E-state index in [1.54, 1.807) is 6.07 Å². The second-order valence-electron chi connectivity index (χ2n) is 2.91. The second-order valence-corrected chi connectivity index (χ2v) is 4.24. The summed E-state index contributed by atoms with van der Waals surface area (Å²) < 4.78 is 0.904. The van der Waals surface area contributed by atoms with Crippen molar-refractivity contribution in [2.45, 2.75) is 6.04 Å². The third-order valence-electron chi connectivity index (χ3n) is 1.93. The molecule has 0 spiro atoms. The predicted octanol–water partition coefficient (Wildman–Crippen LogP) is 1.66. The van der Waals surface area contributed by atoms with Gasteiger partial charge in [0.25, 0.3) is 0 Å². The number of nitrogens with zero attached hydrogens (tertiary/aromatic N) is 3. The van der Waals surface area contributed by atoms with Crippen LogP contribution in [0.3, 0.4) is 0 Å². The number of rotatable bonds is 2. The molecule has 1 heterocycles. The summed E-state index contributed by atoms with van der Waals surface area (Å²) in [5.41, 5.74) is 6.70. The van der Waals surface area contributed by atoms with Gasteiger partial charge in [0.1, 0.15) is 0 Å². The molecular formula is C8H7BrClN5. The first-order valence-corrected chi connectivity index (χ1v) is 5.29. The summed E-state index contributed by atoms with van der Waals surface area (Å²) in [6.07, 6.45) is 0. The van der Waals surface area contributed by atoms with Crippen molar-refractivity contribution in [1.29, 1.82) is 0 Å². The van der Waals surface area contributed by atoms with Gasteiger partial charge in [-0.15, -0.1) is 10.2 Å². The average Bonchev–Trinajstić information content (AvgIpc) is 2.74. The molecular weight excluding hydrogens is 281 g/mol.